The standard InChI is InChI=1S/C25H22F5N3O4/c26-15-5-1-13(2-6-15)10-33(22(14-3-4-14)25(28,29)30)20(35)11-32-12-37-24(23(32)36)17-7-8-18(31)21(27)16(17)9-19(24)34/h1-2,5-8,14,22H,3-4,9-12,31H2/t22-,24?/m0/s1. The number of rotatable bonds is 6. The molecule has 1 heterocycles. The molecule has 3 aliphatic rings. The number of amides is 2. The fourth-order valence-electron chi connectivity index (χ4n) is 5.10. The first-order chi connectivity index (χ1) is 17.4. The predicted octanol–water partition coefficient (Wildman–Crippen LogP) is 3.05. The van der Waals surface area contributed by atoms with Crippen LogP contribution in [0.4, 0.5) is 27.6 Å². The maximum absolute atomic E-state index is 14.5. The molecule has 2 aromatic rings. The van der Waals surface area contributed by atoms with Gasteiger partial charge < -0.3 is 20.3 Å². The number of hydrogen-bond donors (Lipinski definition) is 1. The highest BCUT2D eigenvalue weighted by Crippen LogP contribution is 2.45. The molecule has 2 aromatic carbocycles. The number of halogens is 5. The Morgan fingerprint density at radius 3 is 2.43 bits per heavy atom. The van der Waals surface area contributed by atoms with E-state index in [0.29, 0.717) is 4.90 Å². The van der Waals surface area contributed by atoms with Gasteiger partial charge in [-0.2, -0.15) is 13.2 Å². The molecule has 1 aliphatic heterocycles. The van der Waals surface area contributed by atoms with E-state index in [1.165, 1.54) is 24.3 Å². The Balaban J connectivity index is 1.42. The maximum atomic E-state index is 14.5. The SMILES string of the molecule is Nc1ccc2c(c1F)CC(=O)C21OCN(CC(=O)N(Cc2ccc(F)cc2)[C@@H](C2CC2)C(F)(F)F)C1=O. The summed E-state index contributed by atoms with van der Waals surface area (Å²) in [4.78, 5) is 41.0. The zero-order valence-corrected chi connectivity index (χ0v) is 19.4. The highest BCUT2D eigenvalue weighted by molar-refractivity contribution is 6.15. The number of hydrogen-bond acceptors (Lipinski definition) is 5. The molecule has 2 fully saturated rings. The van der Waals surface area contributed by atoms with Crippen LogP contribution in [0.1, 0.15) is 29.5 Å². The Kier molecular flexibility index (Phi) is 5.97. The average Bonchev–Trinajstić information content (AvgIpc) is 3.55. The molecular weight excluding hydrogens is 501 g/mol. The number of nitrogens with two attached hydrogens (primary N) is 1. The molecule has 5 rings (SSSR count). The van der Waals surface area contributed by atoms with E-state index in [-0.39, 0.29) is 35.2 Å². The average molecular weight is 523 g/mol. The monoisotopic (exact) mass is 523 g/mol. The Hall–Kier alpha value is -3.54. The van der Waals surface area contributed by atoms with Gasteiger partial charge in [0.25, 0.3) is 5.91 Å². The molecule has 1 saturated heterocycles. The summed E-state index contributed by atoms with van der Waals surface area (Å²) in [7, 11) is 0. The van der Waals surface area contributed by atoms with Crippen LogP contribution in [-0.2, 0) is 37.7 Å². The van der Waals surface area contributed by atoms with E-state index in [2.05, 4.69) is 0 Å². The lowest BCUT2D eigenvalue weighted by Crippen LogP contribution is -2.53. The molecule has 1 unspecified atom stereocenters. The van der Waals surface area contributed by atoms with Crippen LogP contribution in [0, 0.1) is 17.6 Å². The van der Waals surface area contributed by atoms with Crippen LogP contribution in [0.15, 0.2) is 36.4 Å². The largest absolute Gasteiger partial charge is 0.409 e. The van der Waals surface area contributed by atoms with Gasteiger partial charge in [0, 0.05) is 24.1 Å². The number of nitrogens with zero attached hydrogens (tertiary/aromatic N) is 2. The van der Waals surface area contributed by atoms with Crippen molar-refractivity contribution in [2.75, 3.05) is 19.0 Å². The van der Waals surface area contributed by atoms with Crippen molar-refractivity contribution >= 4 is 23.3 Å². The molecule has 196 valence electrons. The van der Waals surface area contributed by atoms with E-state index < -0.39 is 79.2 Å². The van der Waals surface area contributed by atoms with Crippen molar-refractivity contribution in [3.05, 3.63) is 64.7 Å². The molecule has 7 nitrogen and oxygen atoms in total. The molecule has 1 saturated carbocycles. The first-order valence-corrected chi connectivity index (χ1v) is 11.6. The predicted molar refractivity (Wildman–Crippen MR) is 118 cm³/mol. The van der Waals surface area contributed by atoms with E-state index in [0.717, 1.165) is 17.0 Å². The molecule has 2 atom stereocenters. The van der Waals surface area contributed by atoms with Crippen molar-refractivity contribution in [1.29, 1.82) is 0 Å². The van der Waals surface area contributed by atoms with E-state index in [9.17, 15) is 36.3 Å². The summed E-state index contributed by atoms with van der Waals surface area (Å²) in [6, 6.07) is 5.11. The molecular formula is C25H22F5N3O4. The first-order valence-electron chi connectivity index (χ1n) is 11.6. The van der Waals surface area contributed by atoms with Crippen LogP contribution < -0.4 is 5.73 Å². The number of carbonyl (C=O) groups is 3. The van der Waals surface area contributed by atoms with Gasteiger partial charge in [-0.25, -0.2) is 8.78 Å². The Morgan fingerprint density at radius 2 is 1.81 bits per heavy atom. The second kappa shape index (κ2) is 8.79. The second-order valence-electron chi connectivity index (χ2n) is 9.52. The van der Waals surface area contributed by atoms with E-state index in [4.69, 9.17) is 10.5 Å². The van der Waals surface area contributed by atoms with Gasteiger partial charge in [-0.15, -0.1) is 0 Å². The number of ketones is 1. The number of ether oxygens (including phenoxy) is 1. The van der Waals surface area contributed by atoms with Crippen molar-refractivity contribution in [3.63, 3.8) is 0 Å². The van der Waals surface area contributed by atoms with Crippen LogP contribution in [-0.4, -0.2) is 52.9 Å². The molecule has 0 aromatic heterocycles. The lowest BCUT2D eigenvalue weighted by molar-refractivity contribution is -0.196. The number of benzene rings is 2. The topological polar surface area (TPSA) is 92.9 Å². The first kappa shape index (κ1) is 25.1. The summed E-state index contributed by atoms with van der Waals surface area (Å²) < 4.78 is 75.6. The van der Waals surface area contributed by atoms with Crippen LogP contribution in [0.3, 0.4) is 0 Å². The van der Waals surface area contributed by atoms with Crippen molar-refractivity contribution in [1.82, 2.24) is 9.80 Å². The van der Waals surface area contributed by atoms with Crippen LogP contribution in [0.25, 0.3) is 0 Å². The van der Waals surface area contributed by atoms with E-state index in [1.807, 2.05) is 0 Å². The van der Waals surface area contributed by atoms with Gasteiger partial charge in [0.2, 0.25) is 11.5 Å². The summed E-state index contributed by atoms with van der Waals surface area (Å²) in [6.07, 6.45) is -4.62. The number of anilines is 1. The van der Waals surface area contributed by atoms with Crippen LogP contribution >= 0.6 is 0 Å². The van der Waals surface area contributed by atoms with Crippen molar-refractivity contribution in [2.45, 2.75) is 43.6 Å². The summed E-state index contributed by atoms with van der Waals surface area (Å²) in [5, 5.41) is 0. The molecule has 0 bridgehead atoms. The Morgan fingerprint density at radius 1 is 1.14 bits per heavy atom. The molecule has 2 aliphatic carbocycles. The number of carbonyl (C=O) groups excluding carboxylic acids is 3. The van der Waals surface area contributed by atoms with Crippen LogP contribution in [0.2, 0.25) is 0 Å². The third-order valence-corrected chi connectivity index (χ3v) is 7.06. The number of Topliss-reactive ketones (excluding diaryl/α,β-unsaturated/α-hetero) is 1. The number of nitrogen functional groups attached to an aromatic ring is 1. The zero-order valence-electron chi connectivity index (χ0n) is 19.4. The fourth-order valence-corrected chi connectivity index (χ4v) is 5.10. The van der Waals surface area contributed by atoms with Gasteiger partial charge >= 0.3 is 6.18 Å². The summed E-state index contributed by atoms with van der Waals surface area (Å²) >= 11 is 0. The summed E-state index contributed by atoms with van der Waals surface area (Å²) in [5.74, 6) is -4.94. The third kappa shape index (κ3) is 4.22. The van der Waals surface area contributed by atoms with Gasteiger partial charge in [-0.1, -0.05) is 18.2 Å². The highest BCUT2D eigenvalue weighted by Gasteiger charge is 2.60. The number of alkyl halides is 3. The van der Waals surface area contributed by atoms with Crippen LogP contribution in [0.5, 0.6) is 0 Å². The highest BCUT2D eigenvalue weighted by atomic mass is 19.4. The minimum atomic E-state index is -4.73. The normalized spacial score (nSPS) is 22.0. The lowest BCUT2D eigenvalue weighted by Gasteiger charge is -2.34. The quantitative estimate of drug-likeness (QED) is 0.357. The molecule has 37 heavy (non-hydrogen) atoms. The molecule has 12 heteroatoms. The van der Waals surface area contributed by atoms with Gasteiger partial charge in [-0.3, -0.25) is 14.4 Å². The Bertz CT molecular complexity index is 1280. The minimum Gasteiger partial charge on any atom is -0.396 e. The fraction of sp³-hybridized carbons (Fsp3) is 0.400. The smallest absolute Gasteiger partial charge is 0.396 e. The summed E-state index contributed by atoms with van der Waals surface area (Å²) in [5.41, 5.74) is 3.34. The second-order valence-corrected chi connectivity index (χ2v) is 9.52. The number of fused-ring (bicyclic) bond motifs is 2. The lowest BCUT2D eigenvalue weighted by atomic mass is 9.93. The van der Waals surface area contributed by atoms with Gasteiger partial charge in [0.15, 0.2) is 5.78 Å². The van der Waals surface area contributed by atoms with Crippen molar-refractivity contribution in [2.24, 2.45) is 5.92 Å². The van der Waals surface area contributed by atoms with E-state index >= 15 is 0 Å². The molecule has 2 N–H and O–H groups in total. The van der Waals surface area contributed by atoms with Gasteiger partial charge in [0.05, 0.1) is 5.69 Å². The maximum Gasteiger partial charge on any atom is 0.409 e. The van der Waals surface area contributed by atoms with Gasteiger partial charge in [0.1, 0.15) is 31.0 Å². The summed E-state index contributed by atoms with van der Waals surface area (Å²) in [6.45, 7) is -1.80. The van der Waals surface area contributed by atoms with Crippen molar-refractivity contribution < 1.29 is 41.1 Å². The minimum absolute atomic E-state index is 0.0292. The van der Waals surface area contributed by atoms with Gasteiger partial charge in [-0.05, 0) is 42.5 Å². The molecule has 1 spiro atoms. The molecule has 0 radical (unpaired) electrons. The van der Waals surface area contributed by atoms with E-state index in [1.54, 1.807) is 0 Å². The molecule has 2 amide bonds. The Labute approximate surface area is 208 Å². The zero-order chi connectivity index (χ0) is 26.7. The third-order valence-electron chi connectivity index (χ3n) is 7.06. The van der Waals surface area contributed by atoms with Crippen molar-refractivity contribution in [3.8, 4) is 0 Å².